The maximum Gasteiger partial charge on any atom is 0.228 e. The summed E-state index contributed by atoms with van der Waals surface area (Å²) in [6.45, 7) is 4.83. The lowest BCUT2D eigenvalue weighted by Gasteiger charge is -2.17. The van der Waals surface area contributed by atoms with E-state index in [0.717, 1.165) is 31.9 Å². The van der Waals surface area contributed by atoms with Crippen LogP contribution in [0, 0.1) is 17.6 Å². The molecule has 0 bridgehead atoms. The Morgan fingerprint density at radius 3 is 2.84 bits per heavy atom. The van der Waals surface area contributed by atoms with Crippen LogP contribution in [0.5, 0.6) is 0 Å². The van der Waals surface area contributed by atoms with Crippen LogP contribution in [0.25, 0.3) is 11.3 Å². The standard InChI is InChI=1S/C17H21F2N5O/c1-11(4-7-24-5-2-3-6-24)17(25)21-16-14(19)15(22-23-16)12-8-13(18)10-20-9-12/h8-11H,2-7H2,1H3,(H2,21,22,23,25). The third-order valence-electron chi connectivity index (χ3n) is 4.47. The number of carbonyl (C=O) groups is 1. The fourth-order valence-electron chi connectivity index (χ4n) is 2.90. The van der Waals surface area contributed by atoms with Crippen LogP contribution in [0.1, 0.15) is 26.2 Å². The maximum absolute atomic E-state index is 14.4. The molecule has 2 N–H and O–H groups in total. The quantitative estimate of drug-likeness (QED) is 0.841. The summed E-state index contributed by atoms with van der Waals surface area (Å²) in [5, 5.41) is 8.77. The Morgan fingerprint density at radius 1 is 1.36 bits per heavy atom. The second-order valence-electron chi connectivity index (χ2n) is 6.38. The second kappa shape index (κ2) is 7.69. The minimum Gasteiger partial charge on any atom is -0.307 e. The van der Waals surface area contributed by atoms with Crippen molar-refractivity contribution >= 4 is 11.7 Å². The molecule has 1 aliphatic heterocycles. The zero-order chi connectivity index (χ0) is 17.8. The van der Waals surface area contributed by atoms with Gasteiger partial charge in [-0.2, -0.15) is 5.10 Å². The average molecular weight is 349 g/mol. The van der Waals surface area contributed by atoms with Crippen molar-refractivity contribution in [1.82, 2.24) is 20.1 Å². The Kier molecular flexibility index (Phi) is 5.37. The third kappa shape index (κ3) is 4.19. The molecule has 3 heterocycles. The van der Waals surface area contributed by atoms with E-state index in [9.17, 15) is 13.6 Å². The number of hydrogen-bond acceptors (Lipinski definition) is 4. The van der Waals surface area contributed by atoms with Gasteiger partial charge in [0.05, 0.1) is 6.20 Å². The molecular formula is C17H21F2N5O. The predicted molar refractivity (Wildman–Crippen MR) is 89.8 cm³/mol. The van der Waals surface area contributed by atoms with Gasteiger partial charge in [0.25, 0.3) is 0 Å². The van der Waals surface area contributed by atoms with Gasteiger partial charge in [0, 0.05) is 17.7 Å². The Morgan fingerprint density at radius 2 is 2.12 bits per heavy atom. The molecule has 1 aliphatic rings. The van der Waals surface area contributed by atoms with Crippen LogP contribution in [0.15, 0.2) is 18.5 Å². The molecule has 1 unspecified atom stereocenters. The van der Waals surface area contributed by atoms with Crippen molar-refractivity contribution in [3.8, 4) is 11.3 Å². The Balaban J connectivity index is 1.61. The number of aromatic amines is 1. The van der Waals surface area contributed by atoms with E-state index in [2.05, 4.69) is 25.4 Å². The number of pyridine rings is 1. The number of H-pyrrole nitrogens is 1. The monoisotopic (exact) mass is 349 g/mol. The summed E-state index contributed by atoms with van der Waals surface area (Å²) in [6, 6.07) is 1.15. The molecule has 0 aliphatic carbocycles. The first kappa shape index (κ1) is 17.5. The molecule has 134 valence electrons. The largest absolute Gasteiger partial charge is 0.307 e. The average Bonchev–Trinajstić information content (AvgIpc) is 3.23. The van der Waals surface area contributed by atoms with E-state index in [4.69, 9.17) is 0 Å². The van der Waals surface area contributed by atoms with Crippen molar-refractivity contribution in [2.24, 2.45) is 5.92 Å². The topological polar surface area (TPSA) is 73.9 Å². The summed E-state index contributed by atoms with van der Waals surface area (Å²) in [4.78, 5) is 18.3. The molecule has 2 aromatic heterocycles. The van der Waals surface area contributed by atoms with E-state index in [-0.39, 0.29) is 28.9 Å². The number of aromatic nitrogens is 3. The Bertz CT molecular complexity index is 742. The van der Waals surface area contributed by atoms with Gasteiger partial charge in [-0.05, 0) is 45.0 Å². The minimum atomic E-state index is -0.729. The van der Waals surface area contributed by atoms with Crippen molar-refractivity contribution in [2.45, 2.75) is 26.2 Å². The van der Waals surface area contributed by atoms with Gasteiger partial charge in [-0.3, -0.25) is 14.9 Å². The first-order valence-corrected chi connectivity index (χ1v) is 8.42. The molecule has 6 nitrogen and oxygen atoms in total. The number of carbonyl (C=O) groups excluding carboxylic acids is 1. The SMILES string of the molecule is CC(CCN1CCCC1)C(=O)Nc1n[nH]c(-c2cncc(F)c2)c1F. The van der Waals surface area contributed by atoms with Crippen molar-refractivity contribution in [2.75, 3.05) is 25.0 Å². The molecule has 0 spiro atoms. The molecule has 8 heteroatoms. The van der Waals surface area contributed by atoms with Crippen LogP contribution in [0.2, 0.25) is 0 Å². The number of rotatable bonds is 6. The Hall–Kier alpha value is -2.35. The van der Waals surface area contributed by atoms with Gasteiger partial charge in [-0.15, -0.1) is 0 Å². The highest BCUT2D eigenvalue weighted by Gasteiger charge is 2.21. The molecule has 1 saturated heterocycles. The lowest BCUT2D eigenvalue weighted by Crippen LogP contribution is -2.27. The zero-order valence-electron chi connectivity index (χ0n) is 14.1. The van der Waals surface area contributed by atoms with Crippen molar-refractivity contribution in [1.29, 1.82) is 0 Å². The highest BCUT2D eigenvalue weighted by atomic mass is 19.1. The van der Waals surface area contributed by atoms with Crippen molar-refractivity contribution < 1.29 is 13.6 Å². The lowest BCUT2D eigenvalue weighted by atomic mass is 10.1. The molecule has 1 fully saturated rings. The van der Waals surface area contributed by atoms with E-state index in [1.54, 1.807) is 0 Å². The number of nitrogens with zero attached hydrogens (tertiary/aromatic N) is 3. The van der Waals surface area contributed by atoms with Crippen LogP contribution in [-0.4, -0.2) is 45.6 Å². The van der Waals surface area contributed by atoms with Gasteiger partial charge in [0.15, 0.2) is 11.6 Å². The fourth-order valence-corrected chi connectivity index (χ4v) is 2.90. The summed E-state index contributed by atoms with van der Waals surface area (Å²) >= 11 is 0. The van der Waals surface area contributed by atoms with Crippen LogP contribution in [0.4, 0.5) is 14.6 Å². The number of nitrogens with one attached hydrogen (secondary N) is 2. The van der Waals surface area contributed by atoms with Gasteiger partial charge in [0.2, 0.25) is 5.91 Å². The first-order chi connectivity index (χ1) is 12.0. The zero-order valence-corrected chi connectivity index (χ0v) is 14.1. The molecule has 1 amide bonds. The van der Waals surface area contributed by atoms with E-state index < -0.39 is 11.6 Å². The normalized spacial score (nSPS) is 16.1. The summed E-state index contributed by atoms with van der Waals surface area (Å²) in [5.74, 6) is -2.03. The Labute approximate surface area is 144 Å². The maximum atomic E-state index is 14.4. The number of halogens is 2. The highest BCUT2D eigenvalue weighted by molar-refractivity contribution is 5.92. The number of amides is 1. The van der Waals surface area contributed by atoms with Gasteiger partial charge in [-0.25, -0.2) is 8.78 Å². The van der Waals surface area contributed by atoms with Crippen molar-refractivity contribution in [3.05, 3.63) is 30.1 Å². The minimum absolute atomic E-state index is 0.00739. The van der Waals surface area contributed by atoms with Crippen LogP contribution in [0.3, 0.4) is 0 Å². The molecular weight excluding hydrogens is 328 g/mol. The second-order valence-corrected chi connectivity index (χ2v) is 6.38. The molecule has 0 radical (unpaired) electrons. The van der Waals surface area contributed by atoms with Crippen LogP contribution in [-0.2, 0) is 4.79 Å². The molecule has 0 aromatic carbocycles. The van der Waals surface area contributed by atoms with Crippen LogP contribution < -0.4 is 5.32 Å². The number of anilines is 1. The summed E-state index contributed by atoms with van der Waals surface area (Å²) < 4.78 is 27.7. The predicted octanol–water partition coefficient (Wildman–Crippen LogP) is 2.81. The first-order valence-electron chi connectivity index (χ1n) is 8.42. The van der Waals surface area contributed by atoms with Gasteiger partial charge in [0.1, 0.15) is 11.5 Å². The van der Waals surface area contributed by atoms with Gasteiger partial charge < -0.3 is 10.2 Å². The van der Waals surface area contributed by atoms with E-state index in [1.807, 2.05) is 6.92 Å². The van der Waals surface area contributed by atoms with E-state index in [0.29, 0.717) is 6.42 Å². The number of hydrogen-bond donors (Lipinski definition) is 2. The smallest absolute Gasteiger partial charge is 0.228 e. The van der Waals surface area contributed by atoms with E-state index >= 15 is 0 Å². The number of likely N-dealkylation sites (tertiary alicyclic amines) is 1. The van der Waals surface area contributed by atoms with E-state index in [1.165, 1.54) is 19.0 Å². The molecule has 1 atom stereocenters. The van der Waals surface area contributed by atoms with Crippen LogP contribution >= 0.6 is 0 Å². The van der Waals surface area contributed by atoms with Crippen molar-refractivity contribution in [3.63, 3.8) is 0 Å². The third-order valence-corrected chi connectivity index (χ3v) is 4.47. The fraction of sp³-hybridized carbons (Fsp3) is 0.471. The summed E-state index contributed by atoms with van der Waals surface area (Å²) in [6.07, 6.45) is 5.47. The molecule has 0 saturated carbocycles. The molecule has 25 heavy (non-hydrogen) atoms. The highest BCUT2D eigenvalue weighted by Crippen LogP contribution is 2.25. The molecule has 2 aromatic rings. The lowest BCUT2D eigenvalue weighted by molar-refractivity contribution is -0.119. The van der Waals surface area contributed by atoms with Gasteiger partial charge >= 0.3 is 0 Å². The van der Waals surface area contributed by atoms with Gasteiger partial charge in [-0.1, -0.05) is 6.92 Å². The summed E-state index contributed by atoms with van der Waals surface area (Å²) in [5.41, 5.74) is 0.222. The molecule has 3 rings (SSSR count). The summed E-state index contributed by atoms with van der Waals surface area (Å²) in [7, 11) is 0.